The summed E-state index contributed by atoms with van der Waals surface area (Å²) in [6.45, 7) is 2.40. The largest absolute Gasteiger partial charge is 0.457 e. The maximum atomic E-state index is 12.1. The standard InChI is InChI=1S/C13H13BrN2O2/c1-9-4-3-5-10(15-9)8-16(2)13(17)11-6-7-18-12(11)14/h3-7H,8H2,1-2H3. The highest BCUT2D eigenvalue weighted by Crippen LogP contribution is 2.19. The van der Waals surface area contributed by atoms with Crippen molar-refractivity contribution in [1.82, 2.24) is 9.88 Å². The number of hydrogen-bond acceptors (Lipinski definition) is 3. The lowest BCUT2D eigenvalue weighted by atomic mass is 10.2. The SMILES string of the molecule is Cc1cccc(CN(C)C(=O)c2ccoc2Br)n1. The lowest BCUT2D eigenvalue weighted by molar-refractivity contribution is 0.0781. The van der Waals surface area contributed by atoms with Gasteiger partial charge in [-0.05, 0) is 41.1 Å². The average molecular weight is 309 g/mol. The second kappa shape index (κ2) is 5.35. The molecule has 2 heterocycles. The van der Waals surface area contributed by atoms with Crippen LogP contribution in [-0.4, -0.2) is 22.8 Å². The first-order chi connectivity index (χ1) is 8.58. The van der Waals surface area contributed by atoms with Crippen LogP contribution in [0.2, 0.25) is 0 Å². The van der Waals surface area contributed by atoms with E-state index in [0.29, 0.717) is 16.8 Å². The van der Waals surface area contributed by atoms with Crippen molar-refractivity contribution in [2.45, 2.75) is 13.5 Å². The summed E-state index contributed by atoms with van der Waals surface area (Å²) in [6, 6.07) is 7.41. The molecule has 1 amide bonds. The molecular formula is C13H13BrN2O2. The Morgan fingerprint density at radius 3 is 2.83 bits per heavy atom. The van der Waals surface area contributed by atoms with Gasteiger partial charge in [-0.3, -0.25) is 9.78 Å². The molecule has 0 saturated carbocycles. The average Bonchev–Trinajstić information content (AvgIpc) is 2.74. The summed E-state index contributed by atoms with van der Waals surface area (Å²) in [4.78, 5) is 18.1. The number of halogens is 1. The first-order valence-corrected chi connectivity index (χ1v) is 6.28. The van der Waals surface area contributed by atoms with Crippen LogP contribution in [0.5, 0.6) is 0 Å². The van der Waals surface area contributed by atoms with E-state index in [1.165, 1.54) is 6.26 Å². The van der Waals surface area contributed by atoms with Crippen molar-refractivity contribution in [2.75, 3.05) is 7.05 Å². The first-order valence-electron chi connectivity index (χ1n) is 5.49. The third-order valence-corrected chi connectivity index (χ3v) is 3.15. The number of nitrogens with zero attached hydrogens (tertiary/aromatic N) is 2. The minimum atomic E-state index is -0.0982. The Hall–Kier alpha value is -1.62. The molecule has 0 fully saturated rings. The Labute approximate surface area is 114 Å². The fourth-order valence-corrected chi connectivity index (χ4v) is 2.06. The van der Waals surface area contributed by atoms with Gasteiger partial charge in [0.1, 0.15) is 0 Å². The fourth-order valence-electron chi connectivity index (χ4n) is 1.65. The molecule has 18 heavy (non-hydrogen) atoms. The zero-order valence-corrected chi connectivity index (χ0v) is 11.8. The monoisotopic (exact) mass is 308 g/mol. The van der Waals surface area contributed by atoms with Gasteiger partial charge in [0.15, 0.2) is 4.67 Å². The maximum absolute atomic E-state index is 12.1. The maximum Gasteiger partial charge on any atom is 0.258 e. The zero-order chi connectivity index (χ0) is 13.1. The van der Waals surface area contributed by atoms with E-state index in [-0.39, 0.29) is 5.91 Å². The molecule has 0 bridgehead atoms. The summed E-state index contributed by atoms with van der Waals surface area (Å²) in [5.41, 5.74) is 2.33. The number of carbonyl (C=O) groups is 1. The summed E-state index contributed by atoms with van der Waals surface area (Å²) in [7, 11) is 1.74. The van der Waals surface area contributed by atoms with Crippen molar-refractivity contribution in [2.24, 2.45) is 0 Å². The molecule has 4 nitrogen and oxygen atoms in total. The van der Waals surface area contributed by atoms with Gasteiger partial charge in [0.05, 0.1) is 24.1 Å². The predicted molar refractivity (Wildman–Crippen MR) is 71.2 cm³/mol. The molecule has 0 N–H and O–H groups in total. The summed E-state index contributed by atoms with van der Waals surface area (Å²) in [6.07, 6.45) is 1.48. The van der Waals surface area contributed by atoms with E-state index in [4.69, 9.17) is 4.42 Å². The number of aryl methyl sites for hydroxylation is 1. The van der Waals surface area contributed by atoms with Gasteiger partial charge < -0.3 is 9.32 Å². The summed E-state index contributed by atoms with van der Waals surface area (Å²) < 4.78 is 5.51. The number of hydrogen-bond donors (Lipinski definition) is 0. The van der Waals surface area contributed by atoms with Crippen LogP contribution in [0.25, 0.3) is 0 Å². The normalized spacial score (nSPS) is 10.4. The van der Waals surface area contributed by atoms with Gasteiger partial charge in [0.2, 0.25) is 0 Å². The third kappa shape index (κ3) is 2.79. The molecule has 0 saturated heterocycles. The van der Waals surface area contributed by atoms with E-state index in [1.54, 1.807) is 18.0 Å². The lowest BCUT2D eigenvalue weighted by Gasteiger charge is -2.16. The first kappa shape index (κ1) is 12.8. The van der Waals surface area contributed by atoms with Crippen molar-refractivity contribution >= 4 is 21.8 Å². The van der Waals surface area contributed by atoms with E-state index in [9.17, 15) is 4.79 Å². The molecule has 0 atom stereocenters. The van der Waals surface area contributed by atoms with Gasteiger partial charge in [0, 0.05) is 12.7 Å². The Morgan fingerprint density at radius 2 is 2.22 bits per heavy atom. The lowest BCUT2D eigenvalue weighted by Crippen LogP contribution is -2.26. The summed E-state index contributed by atoms with van der Waals surface area (Å²) in [5, 5.41) is 0. The molecule has 0 radical (unpaired) electrons. The van der Waals surface area contributed by atoms with E-state index in [0.717, 1.165) is 11.4 Å². The van der Waals surface area contributed by atoms with E-state index in [1.807, 2.05) is 25.1 Å². The van der Waals surface area contributed by atoms with Gasteiger partial charge in [-0.2, -0.15) is 0 Å². The molecule has 2 rings (SSSR count). The van der Waals surface area contributed by atoms with Gasteiger partial charge in [-0.1, -0.05) is 6.07 Å². The van der Waals surface area contributed by atoms with Crippen LogP contribution in [0.1, 0.15) is 21.7 Å². The van der Waals surface area contributed by atoms with Crippen LogP contribution in [0, 0.1) is 6.92 Å². The number of rotatable bonds is 3. The van der Waals surface area contributed by atoms with Crippen LogP contribution >= 0.6 is 15.9 Å². The number of carbonyl (C=O) groups excluding carboxylic acids is 1. The Balaban J connectivity index is 2.11. The highest BCUT2D eigenvalue weighted by molar-refractivity contribution is 9.10. The van der Waals surface area contributed by atoms with Gasteiger partial charge >= 0.3 is 0 Å². The summed E-state index contributed by atoms with van der Waals surface area (Å²) >= 11 is 3.20. The van der Waals surface area contributed by atoms with Gasteiger partial charge in [-0.25, -0.2) is 0 Å². The second-order valence-electron chi connectivity index (χ2n) is 4.04. The molecule has 0 unspecified atom stereocenters. The van der Waals surface area contributed by atoms with Crippen LogP contribution in [0.4, 0.5) is 0 Å². The topological polar surface area (TPSA) is 46.3 Å². The second-order valence-corrected chi connectivity index (χ2v) is 4.76. The Morgan fingerprint density at radius 1 is 1.44 bits per heavy atom. The number of aromatic nitrogens is 1. The molecular weight excluding hydrogens is 296 g/mol. The third-order valence-electron chi connectivity index (χ3n) is 2.54. The van der Waals surface area contributed by atoms with E-state index >= 15 is 0 Å². The predicted octanol–water partition coefficient (Wildman–Crippen LogP) is 3.02. The quantitative estimate of drug-likeness (QED) is 0.875. The molecule has 2 aromatic rings. The van der Waals surface area contributed by atoms with Crippen LogP contribution < -0.4 is 0 Å². The highest BCUT2D eigenvalue weighted by Gasteiger charge is 2.17. The number of pyridine rings is 1. The highest BCUT2D eigenvalue weighted by atomic mass is 79.9. The van der Waals surface area contributed by atoms with Crippen molar-refractivity contribution in [1.29, 1.82) is 0 Å². The molecule has 0 aliphatic heterocycles. The fraction of sp³-hybridized carbons (Fsp3) is 0.231. The summed E-state index contributed by atoms with van der Waals surface area (Å²) in [5.74, 6) is -0.0982. The Kier molecular flexibility index (Phi) is 3.81. The molecule has 5 heteroatoms. The molecule has 0 aliphatic rings. The van der Waals surface area contributed by atoms with E-state index in [2.05, 4.69) is 20.9 Å². The molecule has 2 aromatic heterocycles. The smallest absolute Gasteiger partial charge is 0.258 e. The Bertz CT molecular complexity index is 566. The number of amides is 1. The van der Waals surface area contributed by atoms with E-state index < -0.39 is 0 Å². The van der Waals surface area contributed by atoms with Gasteiger partial charge in [-0.15, -0.1) is 0 Å². The minimum absolute atomic E-state index is 0.0982. The number of furan rings is 1. The molecule has 0 spiro atoms. The van der Waals surface area contributed by atoms with Crippen molar-refractivity contribution in [3.63, 3.8) is 0 Å². The van der Waals surface area contributed by atoms with Crippen LogP contribution in [0.15, 0.2) is 39.6 Å². The molecule has 0 aromatic carbocycles. The molecule has 0 aliphatic carbocycles. The van der Waals surface area contributed by atoms with Crippen LogP contribution in [0.3, 0.4) is 0 Å². The minimum Gasteiger partial charge on any atom is -0.457 e. The zero-order valence-electron chi connectivity index (χ0n) is 10.2. The van der Waals surface area contributed by atoms with Gasteiger partial charge in [0.25, 0.3) is 5.91 Å². The molecule has 94 valence electrons. The van der Waals surface area contributed by atoms with Crippen LogP contribution in [-0.2, 0) is 6.54 Å². The van der Waals surface area contributed by atoms with Crippen molar-refractivity contribution < 1.29 is 9.21 Å². The van der Waals surface area contributed by atoms with Crippen molar-refractivity contribution in [3.05, 3.63) is 52.1 Å². The van der Waals surface area contributed by atoms with Crippen molar-refractivity contribution in [3.8, 4) is 0 Å².